The molecule has 5 rings (SSSR count). The second-order valence-corrected chi connectivity index (χ2v) is 7.91. The second-order valence-electron chi connectivity index (χ2n) is 6.49. The topological polar surface area (TPSA) is 76.8 Å². The Morgan fingerprint density at radius 2 is 2.14 bits per heavy atom. The van der Waals surface area contributed by atoms with Crippen LogP contribution < -0.4 is 4.90 Å². The monoisotopic (exact) mass is 410 g/mol. The van der Waals surface area contributed by atoms with Crippen LogP contribution in [0.3, 0.4) is 0 Å². The summed E-state index contributed by atoms with van der Waals surface area (Å²) in [5.74, 6) is 0.962. The number of benzene rings is 1. The summed E-state index contributed by atoms with van der Waals surface area (Å²) in [7, 11) is 0. The quantitative estimate of drug-likeness (QED) is 0.512. The fraction of sp³-hybridized carbons (Fsp3) is 0.211. The molecule has 1 aromatic carbocycles. The van der Waals surface area contributed by atoms with Gasteiger partial charge in [-0.15, -0.1) is 10.2 Å². The predicted molar refractivity (Wildman–Crippen MR) is 108 cm³/mol. The van der Waals surface area contributed by atoms with E-state index >= 15 is 0 Å². The van der Waals surface area contributed by atoms with Crippen LogP contribution in [0.1, 0.15) is 28.6 Å². The molecule has 0 saturated carbocycles. The molecule has 0 radical (unpaired) electrons. The number of thiazole rings is 1. The number of halogens is 1. The van der Waals surface area contributed by atoms with Crippen LogP contribution in [0, 0.1) is 0 Å². The molecule has 0 saturated heterocycles. The van der Waals surface area contributed by atoms with Crippen molar-refractivity contribution in [3.05, 3.63) is 65.0 Å². The summed E-state index contributed by atoms with van der Waals surface area (Å²) in [6, 6.07) is 11.2. The number of pyridine rings is 1. The van der Waals surface area contributed by atoms with E-state index in [1.165, 1.54) is 11.3 Å². The van der Waals surface area contributed by atoms with Gasteiger partial charge in [0.25, 0.3) is 5.91 Å². The Kier molecular flexibility index (Phi) is 4.29. The Hall–Kier alpha value is -2.84. The van der Waals surface area contributed by atoms with Gasteiger partial charge in [0.15, 0.2) is 5.13 Å². The van der Waals surface area contributed by atoms with Gasteiger partial charge in [0, 0.05) is 19.2 Å². The third kappa shape index (κ3) is 2.94. The van der Waals surface area contributed by atoms with Crippen LogP contribution in [0.2, 0.25) is 5.02 Å². The lowest BCUT2D eigenvalue weighted by molar-refractivity contribution is 0.0970. The Balaban J connectivity index is 1.59. The van der Waals surface area contributed by atoms with Gasteiger partial charge in [-0.1, -0.05) is 35.1 Å². The van der Waals surface area contributed by atoms with Gasteiger partial charge in [-0.3, -0.25) is 14.7 Å². The Morgan fingerprint density at radius 3 is 2.96 bits per heavy atom. The molecule has 1 amide bonds. The molecule has 0 unspecified atom stereocenters. The minimum atomic E-state index is -0.235. The number of hydrogen-bond acceptors (Lipinski definition) is 6. The number of nitrogens with zero attached hydrogens (tertiary/aromatic N) is 6. The van der Waals surface area contributed by atoms with Gasteiger partial charge in [0.2, 0.25) is 5.82 Å². The minimum Gasteiger partial charge on any atom is -0.307 e. The van der Waals surface area contributed by atoms with E-state index in [0.29, 0.717) is 28.0 Å². The van der Waals surface area contributed by atoms with Crippen LogP contribution in [0.4, 0.5) is 5.13 Å². The molecule has 28 heavy (non-hydrogen) atoms. The molecule has 0 atom stereocenters. The zero-order valence-electron chi connectivity index (χ0n) is 14.7. The van der Waals surface area contributed by atoms with E-state index in [9.17, 15) is 4.79 Å². The van der Waals surface area contributed by atoms with Crippen LogP contribution >= 0.6 is 22.9 Å². The van der Waals surface area contributed by atoms with Crippen molar-refractivity contribution in [3.8, 4) is 0 Å². The molecule has 0 fully saturated rings. The summed E-state index contributed by atoms with van der Waals surface area (Å²) in [6.45, 7) is 1.05. The molecule has 1 aliphatic heterocycles. The minimum absolute atomic E-state index is 0.235. The fourth-order valence-corrected chi connectivity index (χ4v) is 4.59. The Morgan fingerprint density at radius 1 is 1.21 bits per heavy atom. The normalized spacial score (nSPS) is 13.0. The number of para-hydroxylation sites is 1. The predicted octanol–water partition coefficient (Wildman–Crippen LogP) is 3.73. The van der Waals surface area contributed by atoms with Crippen LogP contribution in [0.25, 0.3) is 10.2 Å². The van der Waals surface area contributed by atoms with Gasteiger partial charge < -0.3 is 4.57 Å². The number of carbonyl (C=O) groups excluding carboxylic acids is 1. The average molecular weight is 411 g/mol. The average Bonchev–Trinajstić information content (AvgIpc) is 3.42. The molecule has 1 aliphatic rings. The molecule has 0 bridgehead atoms. The Labute approximate surface area is 169 Å². The molecule has 7 nitrogen and oxygen atoms in total. The van der Waals surface area contributed by atoms with Gasteiger partial charge >= 0.3 is 0 Å². The molecule has 0 spiro atoms. The van der Waals surface area contributed by atoms with E-state index in [2.05, 4.69) is 20.2 Å². The van der Waals surface area contributed by atoms with Crippen LogP contribution in [0.15, 0.2) is 42.6 Å². The molecular formula is C19H15ClN6OS. The van der Waals surface area contributed by atoms with Crippen LogP contribution in [0.5, 0.6) is 0 Å². The van der Waals surface area contributed by atoms with Gasteiger partial charge in [0.05, 0.1) is 22.0 Å². The lowest BCUT2D eigenvalue weighted by Gasteiger charge is -2.19. The highest BCUT2D eigenvalue weighted by atomic mass is 35.5. The molecule has 140 valence electrons. The van der Waals surface area contributed by atoms with E-state index in [-0.39, 0.29) is 5.91 Å². The molecular weight excluding hydrogens is 396 g/mol. The maximum atomic E-state index is 13.4. The first-order valence-corrected chi connectivity index (χ1v) is 10.1. The summed E-state index contributed by atoms with van der Waals surface area (Å²) in [5, 5.41) is 9.45. The van der Waals surface area contributed by atoms with Crippen molar-refractivity contribution in [2.24, 2.45) is 0 Å². The maximum Gasteiger partial charge on any atom is 0.298 e. The highest BCUT2D eigenvalue weighted by molar-refractivity contribution is 7.22. The van der Waals surface area contributed by atoms with Crippen molar-refractivity contribution < 1.29 is 4.79 Å². The van der Waals surface area contributed by atoms with Gasteiger partial charge in [-0.2, -0.15) is 0 Å². The first-order chi connectivity index (χ1) is 13.7. The summed E-state index contributed by atoms with van der Waals surface area (Å²) in [5.41, 5.74) is 1.46. The van der Waals surface area contributed by atoms with E-state index in [1.807, 2.05) is 34.9 Å². The molecule has 0 N–H and O–H groups in total. The molecule has 3 aromatic heterocycles. The number of anilines is 1. The lowest BCUT2D eigenvalue weighted by Crippen LogP contribution is -2.33. The van der Waals surface area contributed by atoms with Gasteiger partial charge in [-0.05, 0) is 30.7 Å². The van der Waals surface area contributed by atoms with Crippen molar-refractivity contribution in [2.45, 2.75) is 25.9 Å². The summed E-state index contributed by atoms with van der Waals surface area (Å²) >= 11 is 7.72. The zero-order chi connectivity index (χ0) is 19.1. The van der Waals surface area contributed by atoms with Crippen molar-refractivity contribution in [2.75, 3.05) is 4.90 Å². The number of hydrogen-bond donors (Lipinski definition) is 0. The highest BCUT2D eigenvalue weighted by Crippen LogP contribution is 2.34. The number of aromatic nitrogens is 5. The van der Waals surface area contributed by atoms with Crippen LogP contribution in [-0.2, 0) is 19.5 Å². The molecule has 4 heterocycles. The smallest absolute Gasteiger partial charge is 0.298 e. The SMILES string of the molecule is O=C(c1nnc2n1CCC2)N(Cc1ccccn1)c1nc2c(Cl)cccc2s1. The van der Waals surface area contributed by atoms with Crippen molar-refractivity contribution >= 4 is 44.2 Å². The first-order valence-electron chi connectivity index (χ1n) is 8.89. The highest BCUT2D eigenvalue weighted by Gasteiger charge is 2.29. The lowest BCUT2D eigenvalue weighted by atomic mass is 10.3. The summed E-state index contributed by atoms with van der Waals surface area (Å²) in [6.07, 6.45) is 3.53. The largest absolute Gasteiger partial charge is 0.307 e. The van der Waals surface area contributed by atoms with E-state index in [1.54, 1.807) is 17.2 Å². The second kappa shape index (κ2) is 6.96. The van der Waals surface area contributed by atoms with Gasteiger partial charge in [0.1, 0.15) is 11.3 Å². The van der Waals surface area contributed by atoms with Gasteiger partial charge in [-0.25, -0.2) is 4.98 Å². The Bertz CT molecular complexity index is 1170. The van der Waals surface area contributed by atoms with Crippen LogP contribution in [-0.4, -0.2) is 30.6 Å². The third-order valence-corrected chi connectivity index (χ3v) is 6.03. The van der Waals surface area contributed by atoms with Crippen molar-refractivity contribution in [3.63, 3.8) is 0 Å². The number of rotatable bonds is 4. The maximum absolute atomic E-state index is 13.4. The number of aryl methyl sites for hydroxylation is 1. The number of amides is 1. The fourth-order valence-electron chi connectivity index (χ4n) is 3.33. The van der Waals surface area contributed by atoms with Crippen molar-refractivity contribution in [1.29, 1.82) is 0 Å². The molecule has 0 aliphatic carbocycles. The summed E-state index contributed by atoms with van der Waals surface area (Å²) in [4.78, 5) is 24.1. The standard InChI is InChI=1S/C19H15ClN6OS/c20-13-6-3-7-14-16(13)22-19(28-14)26(11-12-5-1-2-9-21-12)18(27)17-24-23-15-8-4-10-25(15)17/h1-3,5-7,9H,4,8,10-11H2. The van der Waals surface area contributed by atoms with Crippen molar-refractivity contribution in [1.82, 2.24) is 24.7 Å². The van der Waals surface area contributed by atoms with E-state index in [0.717, 1.165) is 35.6 Å². The number of fused-ring (bicyclic) bond motifs is 2. The first kappa shape index (κ1) is 17.3. The van der Waals surface area contributed by atoms with E-state index in [4.69, 9.17) is 11.6 Å². The molecule has 9 heteroatoms. The number of carbonyl (C=O) groups is 1. The zero-order valence-corrected chi connectivity index (χ0v) is 16.3. The summed E-state index contributed by atoms with van der Waals surface area (Å²) < 4.78 is 2.82. The third-order valence-electron chi connectivity index (χ3n) is 4.68. The van der Waals surface area contributed by atoms with E-state index < -0.39 is 0 Å². The molecule has 4 aromatic rings.